The van der Waals surface area contributed by atoms with E-state index in [9.17, 15) is 0 Å². The summed E-state index contributed by atoms with van der Waals surface area (Å²) in [5, 5.41) is 9.73. The SMILES string of the molecule is CC(C)(C)c1ccc(CSc2nnc(-c3ccc(Cl)cc3Cl)o2)cc1. The molecular weight excluding hydrogens is 375 g/mol. The van der Waals surface area contributed by atoms with Gasteiger partial charge in [0.25, 0.3) is 5.22 Å². The van der Waals surface area contributed by atoms with Crippen molar-refractivity contribution in [3.63, 3.8) is 0 Å². The van der Waals surface area contributed by atoms with E-state index >= 15 is 0 Å². The standard InChI is InChI=1S/C19H18Cl2N2OS/c1-19(2,3)13-6-4-12(5-7-13)11-25-18-23-22-17(24-18)15-9-8-14(20)10-16(15)21/h4-10H,11H2,1-3H3. The number of halogens is 2. The Kier molecular flexibility index (Phi) is 5.42. The highest BCUT2D eigenvalue weighted by atomic mass is 35.5. The number of hydrogen-bond acceptors (Lipinski definition) is 4. The molecule has 0 aliphatic heterocycles. The fourth-order valence-electron chi connectivity index (χ4n) is 2.29. The Morgan fingerprint density at radius 3 is 2.36 bits per heavy atom. The molecule has 0 radical (unpaired) electrons. The van der Waals surface area contributed by atoms with Crippen molar-refractivity contribution < 1.29 is 4.42 Å². The Bertz CT molecular complexity index is 870. The summed E-state index contributed by atoms with van der Waals surface area (Å²) in [6, 6.07) is 13.8. The van der Waals surface area contributed by atoms with E-state index in [0.717, 1.165) is 5.75 Å². The molecule has 3 aromatic rings. The second kappa shape index (κ2) is 7.40. The lowest BCUT2D eigenvalue weighted by molar-refractivity contribution is 0.466. The molecule has 1 aromatic heterocycles. The largest absolute Gasteiger partial charge is 0.411 e. The molecule has 0 amide bonds. The maximum absolute atomic E-state index is 6.18. The minimum absolute atomic E-state index is 0.158. The molecule has 1 heterocycles. The van der Waals surface area contributed by atoms with Gasteiger partial charge in [-0.3, -0.25) is 0 Å². The molecule has 0 saturated carbocycles. The molecule has 0 N–H and O–H groups in total. The molecule has 3 nitrogen and oxygen atoms in total. The van der Waals surface area contributed by atoms with Crippen LogP contribution in [-0.2, 0) is 11.2 Å². The first kappa shape index (κ1) is 18.3. The molecule has 0 bridgehead atoms. The van der Waals surface area contributed by atoms with Gasteiger partial charge in [-0.25, -0.2) is 0 Å². The molecule has 0 unspecified atom stereocenters. The summed E-state index contributed by atoms with van der Waals surface area (Å²) in [5.74, 6) is 1.16. The van der Waals surface area contributed by atoms with Crippen LogP contribution in [0.5, 0.6) is 0 Å². The number of aromatic nitrogens is 2. The topological polar surface area (TPSA) is 38.9 Å². The minimum Gasteiger partial charge on any atom is -0.411 e. The molecule has 130 valence electrons. The van der Waals surface area contributed by atoms with Gasteiger partial charge in [0, 0.05) is 10.8 Å². The summed E-state index contributed by atoms with van der Waals surface area (Å²) in [7, 11) is 0. The molecule has 0 aliphatic rings. The van der Waals surface area contributed by atoms with Crippen molar-refractivity contribution in [3.05, 3.63) is 63.6 Å². The van der Waals surface area contributed by atoms with E-state index in [2.05, 4.69) is 55.2 Å². The van der Waals surface area contributed by atoms with Crippen LogP contribution in [0.15, 0.2) is 52.1 Å². The van der Waals surface area contributed by atoms with Crippen LogP contribution >= 0.6 is 35.0 Å². The van der Waals surface area contributed by atoms with Gasteiger partial charge in [-0.1, -0.05) is 80.0 Å². The number of rotatable bonds is 4. The van der Waals surface area contributed by atoms with Gasteiger partial charge in [0.2, 0.25) is 5.89 Å². The fourth-order valence-corrected chi connectivity index (χ4v) is 3.49. The van der Waals surface area contributed by atoms with Gasteiger partial charge in [-0.2, -0.15) is 0 Å². The molecule has 0 spiro atoms. The van der Waals surface area contributed by atoms with Crippen LogP contribution in [0.3, 0.4) is 0 Å². The second-order valence-corrected chi connectivity index (χ2v) is 8.50. The molecule has 0 atom stereocenters. The van der Waals surface area contributed by atoms with E-state index in [-0.39, 0.29) is 5.41 Å². The van der Waals surface area contributed by atoms with Crippen LogP contribution in [0.1, 0.15) is 31.9 Å². The highest BCUT2D eigenvalue weighted by Gasteiger charge is 2.14. The van der Waals surface area contributed by atoms with E-state index in [1.165, 1.54) is 22.9 Å². The average Bonchev–Trinajstić information content (AvgIpc) is 3.01. The summed E-state index contributed by atoms with van der Waals surface area (Å²) in [5.41, 5.74) is 3.37. The highest BCUT2D eigenvalue weighted by Crippen LogP contribution is 2.32. The summed E-state index contributed by atoms with van der Waals surface area (Å²) in [6.07, 6.45) is 0. The lowest BCUT2D eigenvalue weighted by atomic mass is 9.87. The van der Waals surface area contributed by atoms with Crippen molar-refractivity contribution in [3.8, 4) is 11.5 Å². The van der Waals surface area contributed by atoms with Crippen LogP contribution in [0.4, 0.5) is 0 Å². The highest BCUT2D eigenvalue weighted by molar-refractivity contribution is 7.98. The van der Waals surface area contributed by atoms with Gasteiger partial charge in [-0.15, -0.1) is 10.2 Å². The third-order valence-corrected chi connectivity index (χ3v) is 5.19. The molecule has 6 heteroatoms. The summed E-state index contributed by atoms with van der Waals surface area (Å²) >= 11 is 13.6. The smallest absolute Gasteiger partial charge is 0.277 e. The zero-order chi connectivity index (χ0) is 18.0. The van der Waals surface area contributed by atoms with E-state index in [0.29, 0.717) is 26.7 Å². The van der Waals surface area contributed by atoms with Gasteiger partial charge in [0.05, 0.1) is 10.6 Å². The molecule has 0 aliphatic carbocycles. The molecular formula is C19H18Cl2N2OS. The lowest BCUT2D eigenvalue weighted by Gasteiger charge is -2.19. The van der Waals surface area contributed by atoms with Crippen molar-refractivity contribution >= 4 is 35.0 Å². The molecule has 25 heavy (non-hydrogen) atoms. The maximum Gasteiger partial charge on any atom is 0.277 e. The van der Waals surface area contributed by atoms with Crippen LogP contribution in [-0.4, -0.2) is 10.2 Å². The first-order chi connectivity index (χ1) is 11.8. The zero-order valence-corrected chi connectivity index (χ0v) is 16.5. The van der Waals surface area contributed by atoms with Gasteiger partial charge in [-0.05, 0) is 34.7 Å². The Balaban J connectivity index is 1.68. The van der Waals surface area contributed by atoms with Crippen LogP contribution in [0, 0.1) is 0 Å². The van der Waals surface area contributed by atoms with Gasteiger partial charge >= 0.3 is 0 Å². The predicted molar refractivity (Wildman–Crippen MR) is 104 cm³/mol. The number of nitrogens with zero attached hydrogens (tertiary/aromatic N) is 2. The maximum atomic E-state index is 6.18. The molecule has 0 fully saturated rings. The fraction of sp³-hybridized carbons (Fsp3) is 0.263. The number of hydrogen-bond donors (Lipinski definition) is 0. The summed E-state index contributed by atoms with van der Waals surface area (Å²) < 4.78 is 5.70. The van der Waals surface area contributed by atoms with Crippen molar-refractivity contribution in [2.75, 3.05) is 0 Å². The number of thioether (sulfide) groups is 1. The Labute approximate surface area is 161 Å². The van der Waals surface area contributed by atoms with E-state index in [1.54, 1.807) is 18.2 Å². The predicted octanol–water partition coefficient (Wildman–Crippen LogP) is 6.63. The third-order valence-electron chi connectivity index (χ3n) is 3.75. The molecule has 0 saturated heterocycles. The van der Waals surface area contributed by atoms with Crippen molar-refractivity contribution in [2.24, 2.45) is 0 Å². The van der Waals surface area contributed by atoms with E-state index in [1.807, 2.05) is 0 Å². The van der Waals surface area contributed by atoms with Crippen LogP contribution in [0.2, 0.25) is 10.0 Å². The van der Waals surface area contributed by atoms with Crippen molar-refractivity contribution in [1.29, 1.82) is 0 Å². The quantitative estimate of drug-likeness (QED) is 0.466. The van der Waals surface area contributed by atoms with E-state index < -0.39 is 0 Å². The molecule has 2 aromatic carbocycles. The zero-order valence-electron chi connectivity index (χ0n) is 14.2. The van der Waals surface area contributed by atoms with Gasteiger partial charge in [0.1, 0.15) is 0 Å². The van der Waals surface area contributed by atoms with E-state index in [4.69, 9.17) is 27.6 Å². The van der Waals surface area contributed by atoms with Crippen molar-refractivity contribution in [1.82, 2.24) is 10.2 Å². The second-order valence-electron chi connectivity index (χ2n) is 6.73. The number of benzene rings is 2. The Morgan fingerprint density at radius 1 is 1.00 bits per heavy atom. The Morgan fingerprint density at radius 2 is 1.72 bits per heavy atom. The summed E-state index contributed by atoms with van der Waals surface area (Å²) in [6.45, 7) is 6.62. The lowest BCUT2D eigenvalue weighted by Crippen LogP contribution is -2.10. The average molecular weight is 393 g/mol. The van der Waals surface area contributed by atoms with Gasteiger partial charge < -0.3 is 4.42 Å². The summed E-state index contributed by atoms with van der Waals surface area (Å²) in [4.78, 5) is 0. The normalized spacial score (nSPS) is 11.7. The minimum atomic E-state index is 0.158. The monoisotopic (exact) mass is 392 g/mol. The van der Waals surface area contributed by atoms with Crippen LogP contribution in [0.25, 0.3) is 11.5 Å². The van der Waals surface area contributed by atoms with Crippen molar-refractivity contribution in [2.45, 2.75) is 37.2 Å². The first-order valence-corrected chi connectivity index (χ1v) is 9.58. The Hall–Kier alpha value is -1.49. The molecule has 3 rings (SSSR count). The first-order valence-electron chi connectivity index (χ1n) is 7.84. The van der Waals surface area contributed by atoms with Gasteiger partial charge in [0.15, 0.2) is 0 Å². The van der Waals surface area contributed by atoms with Crippen LogP contribution < -0.4 is 0 Å². The third kappa shape index (κ3) is 4.57.